The molecule has 2 rings (SSSR count). The van der Waals surface area contributed by atoms with Crippen molar-refractivity contribution in [2.75, 3.05) is 18.5 Å². The number of carbonyl (C=O) groups excluding carboxylic acids is 1. The first-order valence-electron chi connectivity index (χ1n) is 6.54. The fourth-order valence-electron chi connectivity index (χ4n) is 1.74. The van der Waals surface area contributed by atoms with Crippen LogP contribution in [0, 0.1) is 0 Å². The van der Waals surface area contributed by atoms with Crippen LogP contribution in [0.15, 0.2) is 24.3 Å². The Bertz CT molecular complexity index is 403. The van der Waals surface area contributed by atoms with Gasteiger partial charge in [-0.3, -0.25) is 4.79 Å². The number of para-hydroxylation sites is 2. The molecule has 4 heteroatoms. The minimum absolute atomic E-state index is 0.0234. The van der Waals surface area contributed by atoms with Gasteiger partial charge in [-0.05, 0) is 31.9 Å². The van der Waals surface area contributed by atoms with Gasteiger partial charge in [-0.1, -0.05) is 12.1 Å². The number of amides is 1. The van der Waals surface area contributed by atoms with Gasteiger partial charge in [0.1, 0.15) is 5.75 Å². The number of ether oxygens (including phenoxy) is 1. The van der Waals surface area contributed by atoms with Crippen molar-refractivity contribution in [1.29, 1.82) is 0 Å². The van der Waals surface area contributed by atoms with Crippen molar-refractivity contribution < 1.29 is 9.53 Å². The molecule has 0 aliphatic heterocycles. The fourth-order valence-corrected chi connectivity index (χ4v) is 1.74. The van der Waals surface area contributed by atoms with E-state index in [1.54, 1.807) is 0 Å². The average Bonchev–Trinajstić information content (AvgIpc) is 3.16. The largest absolute Gasteiger partial charge is 0.492 e. The highest BCUT2D eigenvalue weighted by molar-refractivity contribution is 5.92. The predicted molar refractivity (Wildman–Crippen MR) is 71.9 cm³/mol. The van der Waals surface area contributed by atoms with Crippen molar-refractivity contribution in [2.24, 2.45) is 0 Å². The van der Waals surface area contributed by atoms with Gasteiger partial charge in [-0.15, -0.1) is 0 Å². The predicted octanol–water partition coefficient (Wildman–Crippen LogP) is 2.17. The molecule has 0 spiro atoms. The van der Waals surface area contributed by atoms with Crippen molar-refractivity contribution in [3.8, 4) is 5.75 Å². The van der Waals surface area contributed by atoms with E-state index in [9.17, 15) is 4.79 Å². The molecule has 1 fully saturated rings. The van der Waals surface area contributed by atoms with Crippen LogP contribution in [0.25, 0.3) is 0 Å². The monoisotopic (exact) mass is 248 g/mol. The van der Waals surface area contributed by atoms with Gasteiger partial charge in [0.05, 0.1) is 12.3 Å². The van der Waals surface area contributed by atoms with E-state index in [1.165, 1.54) is 12.8 Å². The van der Waals surface area contributed by atoms with Gasteiger partial charge in [-0.25, -0.2) is 0 Å². The van der Waals surface area contributed by atoms with Crippen LogP contribution in [0.4, 0.5) is 5.69 Å². The van der Waals surface area contributed by atoms with Crippen molar-refractivity contribution >= 4 is 11.6 Å². The number of carbonyl (C=O) groups is 1. The highest BCUT2D eigenvalue weighted by Gasteiger charge is 2.20. The zero-order valence-electron chi connectivity index (χ0n) is 10.7. The van der Waals surface area contributed by atoms with Gasteiger partial charge in [-0.2, -0.15) is 0 Å². The summed E-state index contributed by atoms with van der Waals surface area (Å²) >= 11 is 0. The number of hydrogen-bond donors (Lipinski definition) is 2. The summed E-state index contributed by atoms with van der Waals surface area (Å²) in [7, 11) is 0. The summed E-state index contributed by atoms with van der Waals surface area (Å²) in [4.78, 5) is 11.8. The number of benzene rings is 1. The van der Waals surface area contributed by atoms with Crippen molar-refractivity contribution in [2.45, 2.75) is 32.2 Å². The molecule has 1 aliphatic carbocycles. The lowest BCUT2D eigenvalue weighted by molar-refractivity contribution is -0.116. The molecule has 0 unspecified atom stereocenters. The third kappa shape index (κ3) is 4.04. The Hall–Kier alpha value is -1.55. The standard InChI is InChI=1S/C14H20N2O2/c1-2-18-13-6-4-3-5-12(13)16-14(17)9-10-15-11-7-8-11/h3-6,11,15H,2,7-10H2,1H3,(H,16,17). The molecule has 0 bridgehead atoms. The van der Waals surface area contributed by atoms with Crippen LogP contribution in [0.3, 0.4) is 0 Å². The molecule has 98 valence electrons. The molecule has 0 aromatic heterocycles. The van der Waals surface area contributed by atoms with E-state index < -0.39 is 0 Å². The van der Waals surface area contributed by atoms with E-state index in [1.807, 2.05) is 31.2 Å². The number of hydrogen-bond acceptors (Lipinski definition) is 3. The summed E-state index contributed by atoms with van der Waals surface area (Å²) in [6, 6.07) is 8.16. The third-order valence-corrected chi connectivity index (χ3v) is 2.82. The van der Waals surface area contributed by atoms with Gasteiger partial charge < -0.3 is 15.4 Å². The third-order valence-electron chi connectivity index (χ3n) is 2.82. The second-order valence-electron chi connectivity index (χ2n) is 4.46. The summed E-state index contributed by atoms with van der Waals surface area (Å²) in [6.07, 6.45) is 2.99. The second kappa shape index (κ2) is 6.40. The summed E-state index contributed by atoms with van der Waals surface area (Å²) in [6.45, 7) is 3.27. The van der Waals surface area contributed by atoms with E-state index in [0.717, 1.165) is 18.0 Å². The zero-order chi connectivity index (χ0) is 12.8. The van der Waals surface area contributed by atoms with E-state index >= 15 is 0 Å². The molecular weight excluding hydrogens is 228 g/mol. The summed E-state index contributed by atoms with van der Waals surface area (Å²) in [5, 5.41) is 6.21. The lowest BCUT2D eigenvalue weighted by atomic mass is 10.2. The minimum atomic E-state index is 0.0234. The normalized spacial score (nSPS) is 14.3. The Kier molecular flexibility index (Phi) is 4.59. The lowest BCUT2D eigenvalue weighted by Gasteiger charge is -2.11. The highest BCUT2D eigenvalue weighted by Crippen LogP contribution is 2.23. The smallest absolute Gasteiger partial charge is 0.225 e. The molecule has 1 aromatic rings. The van der Waals surface area contributed by atoms with Gasteiger partial charge in [0, 0.05) is 19.0 Å². The molecule has 0 radical (unpaired) electrons. The van der Waals surface area contributed by atoms with Crippen molar-refractivity contribution in [1.82, 2.24) is 5.32 Å². The Morgan fingerprint density at radius 1 is 1.39 bits per heavy atom. The minimum Gasteiger partial charge on any atom is -0.492 e. The summed E-state index contributed by atoms with van der Waals surface area (Å²) in [5.74, 6) is 0.749. The summed E-state index contributed by atoms with van der Waals surface area (Å²) < 4.78 is 5.46. The summed E-state index contributed by atoms with van der Waals surface area (Å²) in [5.41, 5.74) is 0.746. The van der Waals surface area contributed by atoms with E-state index in [2.05, 4.69) is 10.6 Å². The van der Waals surface area contributed by atoms with Crippen LogP contribution in [0.1, 0.15) is 26.2 Å². The Morgan fingerprint density at radius 2 is 2.17 bits per heavy atom. The van der Waals surface area contributed by atoms with Crippen LogP contribution in [0.2, 0.25) is 0 Å². The Labute approximate surface area is 108 Å². The van der Waals surface area contributed by atoms with Gasteiger partial charge in [0.2, 0.25) is 5.91 Å². The molecule has 1 aliphatic rings. The maximum Gasteiger partial charge on any atom is 0.225 e. The molecule has 2 N–H and O–H groups in total. The molecule has 0 heterocycles. The molecule has 1 aromatic carbocycles. The van der Waals surface area contributed by atoms with E-state index in [4.69, 9.17) is 4.74 Å². The molecule has 4 nitrogen and oxygen atoms in total. The maximum absolute atomic E-state index is 11.8. The van der Waals surface area contributed by atoms with Crippen LogP contribution < -0.4 is 15.4 Å². The Morgan fingerprint density at radius 3 is 2.89 bits per heavy atom. The SMILES string of the molecule is CCOc1ccccc1NC(=O)CCNC1CC1. The first-order valence-corrected chi connectivity index (χ1v) is 6.54. The second-order valence-corrected chi connectivity index (χ2v) is 4.46. The van der Waals surface area contributed by atoms with Gasteiger partial charge in [0.25, 0.3) is 0 Å². The molecule has 0 atom stereocenters. The van der Waals surface area contributed by atoms with Crippen molar-refractivity contribution in [3.63, 3.8) is 0 Å². The zero-order valence-corrected chi connectivity index (χ0v) is 10.7. The molecule has 1 amide bonds. The van der Waals surface area contributed by atoms with E-state index in [0.29, 0.717) is 19.1 Å². The number of rotatable bonds is 7. The molecular formula is C14H20N2O2. The lowest BCUT2D eigenvalue weighted by Crippen LogP contribution is -2.23. The number of anilines is 1. The van der Waals surface area contributed by atoms with Crippen molar-refractivity contribution in [3.05, 3.63) is 24.3 Å². The first kappa shape index (κ1) is 12.9. The average molecular weight is 248 g/mol. The van der Waals surface area contributed by atoms with Gasteiger partial charge in [0.15, 0.2) is 0 Å². The highest BCUT2D eigenvalue weighted by atomic mass is 16.5. The Balaban J connectivity index is 1.81. The fraction of sp³-hybridized carbons (Fsp3) is 0.500. The maximum atomic E-state index is 11.8. The van der Waals surface area contributed by atoms with Crippen LogP contribution in [-0.4, -0.2) is 25.1 Å². The molecule has 0 saturated heterocycles. The van der Waals surface area contributed by atoms with Crippen LogP contribution >= 0.6 is 0 Å². The van der Waals surface area contributed by atoms with Gasteiger partial charge >= 0.3 is 0 Å². The quantitative estimate of drug-likeness (QED) is 0.777. The van der Waals surface area contributed by atoms with E-state index in [-0.39, 0.29) is 5.91 Å². The molecule has 18 heavy (non-hydrogen) atoms. The number of nitrogens with one attached hydrogen (secondary N) is 2. The topological polar surface area (TPSA) is 50.4 Å². The molecule has 1 saturated carbocycles. The van der Waals surface area contributed by atoms with Crippen LogP contribution in [0.5, 0.6) is 5.75 Å². The first-order chi connectivity index (χ1) is 8.79. The van der Waals surface area contributed by atoms with Crippen LogP contribution in [-0.2, 0) is 4.79 Å².